The van der Waals surface area contributed by atoms with Gasteiger partial charge in [-0.3, -0.25) is 0 Å². The van der Waals surface area contributed by atoms with E-state index in [0.717, 1.165) is 17.7 Å². The SMILES string of the molecule is CNC(=O)NCCc1cn(C)c2ccc(OC)cc12. The van der Waals surface area contributed by atoms with E-state index in [0.29, 0.717) is 6.54 Å². The molecule has 0 bridgehead atoms. The van der Waals surface area contributed by atoms with E-state index in [1.165, 1.54) is 10.9 Å². The molecule has 2 amide bonds. The highest BCUT2D eigenvalue weighted by atomic mass is 16.5. The number of ether oxygens (including phenoxy) is 1. The molecule has 19 heavy (non-hydrogen) atoms. The summed E-state index contributed by atoms with van der Waals surface area (Å²) in [6.07, 6.45) is 2.88. The molecule has 0 aliphatic heterocycles. The maximum atomic E-state index is 11.1. The second-order valence-corrected chi connectivity index (χ2v) is 4.40. The number of nitrogens with one attached hydrogen (secondary N) is 2. The Hall–Kier alpha value is -2.17. The normalized spacial score (nSPS) is 10.5. The lowest BCUT2D eigenvalue weighted by Gasteiger charge is -2.04. The second-order valence-electron chi connectivity index (χ2n) is 4.40. The molecule has 0 saturated carbocycles. The summed E-state index contributed by atoms with van der Waals surface area (Å²) in [5, 5.41) is 6.50. The molecule has 0 spiro atoms. The number of carbonyl (C=O) groups is 1. The molecule has 0 saturated heterocycles. The van der Waals surface area contributed by atoms with E-state index in [9.17, 15) is 4.79 Å². The van der Waals surface area contributed by atoms with Crippen molar-refractivity contribution in [2.45, 2.75) is 6.42 Å². The number of urea groups is 1. The van der Waals surface area contributed by atoms with Gasteiger partial charge in [-0.25, -0.2) is 4.79 Å². The zero-order valence-corrected chi connectivity index (χ0v) is 11.5. The van der Waals surface area contributed by atoms with E-state index < -0.39 is 0 Å². The van der Waals surface area contributed by atoms with Crippen LogP contribution in [-0.4, -0.2) is 31.3 Å². The first-order chi connectivity index (χ1) is 9.15. The van der Waals surface area contributed by atoms with Crippen LogP contribution in [0, 0.1) is 0 Å². The summed E-state index contributed by atoms with van der Waals surface area (Å²) in [7, 11) is 5.29. The molecular formula is C14H19N3O2. The number of rotatable bonds is 4. The Kier molecular flexibility index (Phi) is 3.94. The number of aromatic nitrogens is 1. The van der Waals surface area contributed by atoms with Crippen LogP contribution in [0.1, 0.15) is 5.56 Å². The standard InChI is InChI=1S/C14H19N3O2/c1-15-14(18)16-7-6-10-9-17(2)13-5-4-11(19-3)8-12(10)13/h4-5,8-9H,6-7H2,1-3H3,(H2,15,16,18). The second kappa shape index (κ2) is 5.65. The fourth-order valence-electron chi connectivity index (χ4n) is 2.18. The minimum absolute atomic E-state index is 0.155. The first-order valence-corrected chi connectivity index (χ1v) is 6.23. The van der Waals surface area contributed by atoms with Gasteiger partial charge < -0.3 is 19.9 Å². The first kappa shape index (κ1) is 13.3. The Morgan fingerprint density at radius 1 is 1.42 bits per heavy atom. The summed E-state index contributed by atoms with van der Waals surface area (Å²) in [6, 6.07) is 5.88. The van der Waals surface area contributed by atoms with E-state index >= 15 is 0 Å². The summed E-state index contributed by atoms with van der Waals surface area (Å²) in [5.41, 5.74) is 2.36. The molecule has 0 aliphatic carbocycles. The molecular weight excluding hydrogens is 242 g/mol. The molecule has 5 nitrogen and oxygen atoms in total. The van der Waals surface area contributed by atoms with Crippen LogP contribution in [-0.2, 0) is 13.5 Å². The third-order valence-corrected chi connectivity index (χ3v) is 3.19. The van der Waals surface area contributed by atoms with E-state index in [4.69, 9.17) is 4.74 Å². The smallest absolute Gasteiger partial charge is 0.314 e. The molecule has 2 aromatic rings. The van der Waals surface area contributed by atoms with Crippen LogP contribution in [0.25, 0.3) is 10.9 Å². The molecule has 0 unspecified atom stereocenters. The molecule has 2 N–H and O–H groups in total. The van der Waals surface area contributed by atoms with Crippen molar-refractivity contribution in [3.05, 3.63) is 30.0 Å². The number of hydrogen-bond acceptors (Lipinski definition) is 2. The van der Waals surface area contributed by atoms with Crippen molar-refractivity contribution in [3.8, 4) is 5.75 Å². The van der Waals surface area contributed by atoms with Gasteiger partial charge in [0.1, 0.15) is 5.75 Å². The summed E-state index contributed by atoms with van der Waals surface area (Å²) in [4.78, 5) is 11.1. The van der Waals surface area contributed by atoms with E-state index in [-0.39, 0.29) is 6.03 Å². The number of fused-ring (bicyclic) bond motifs is 1. The molecule has 2 rings (SSSR count). The largest absolute Gasteiger partial charge is 0.497 e. The molecule has 5 heteroatoms. The molecule has 0 atom stereocenters. The molecule has 0 radical (unpaired) electrons. The van der Waals surface area contributed by atoms with Crippen molar-refractivity contribution in [2.24, 2.45) is 7.05 Å². The number of aryl methyl sites for hydroxylation is 1. The van der Waals surface area contributed by atoms with Gasteiger partial charge in [-0.05, 0) is 30.2 Å². The molecule has 1 heterocycles. The lowest BCUT2D eigenvalue weighted by molar-refractivity contribution is 0.243. The maximum absolute atomic E-state index is 11.1. The Labute approximate surface area is 112 Å². The number of nitrogens with zero attached hydrogens (tertiary/aromatic N) is 1. The first-order valence-electron chi connectivity index (χ1n) is 6.23. The highest BCUT2D eigenvalue weighted by molar-refractivity contribution is 5.85. The quantitative estimate of drug-likeness (QED) is 0.879. The molecule has 1 aromatic heterocycles. The van der Waals surface area contributed by atoms with E-state index in [1.54, 1.807) is 14.2 Å². The highest BCUT2D eigenvalue weighted by Gasteiger charge is 2.08. The van der Waals surface area contributed by atoms with Crippen LogP contribution in [0.5, 0.6) is 5.75 Å². The van der Waals surface area contributed by atoms with Gasteiger partial charge in [-0.1, -0.05) is 0 Å². The number of methoxy groups -OCH3 is 1. The topological polar surface area (TPSA) is 55.3 Å². The molecule has 0 fully saturated rings. The minimum atomic E-state index is -0.155. The predicted molar refractivity (Wildman–Crippen MR) is 75.6 cm³/mol. The van der Waals surface area contributed by atoms with Crippen LogP contribution in [0.3, 0.4) is 0 Å². The van der Waals surface area contributed by atoms with Gasteiger partial charge in [-0.2, -0.15) is 0 Å². The predicted octanol–water partition coefficient (Wildman–Crippen LogP) is 1.66. The van der Waals surface area contributed by atoms with E-state index in [1.807, 2.05) is 25.2 Å². The van der Waals surface area contributed by atoms with Crippen LogP contribution in [0.2, 0.25) is 0 Å². The molecule has 1 aromatic carbocycles. The molecule has 102 valence electrons. The Morgan fingerprint density at radius 2 is 2.21 bits per heavy atom. The Bertz CT molecular complexity index is 590. The highest BCUT2D eigenvalue weighted by Crippen LogP contribution is 2.25. The van der Waals surface area contributed by atoms with Crippen LogP contribution in [0.4, 0.5) is 4.79 Å². The summed E-state index contributed by atoms with van der Waals surface area (Å²) < 4.78 is 7.34. The van der Waals surface area contributed by atoms with Crippen molar-refractivity contribution in [1.29, 1.82) is 0 Å². The van der Waals surface area contributed by atoms with Gasteiger partial charge in [0.15, 0.2) is 0 Å². The van der Waals surface area contributed by atoms with Gasteiger partial charge >= 0.3 is 6.03 Å². The minimum Gasteiger partial charge on any atom is -0.497 e. The molecule has 0 aliphatic rings. The van der Waals surface area contributed by atoms with Crippen molar-refractivity contribution in [2.75, 3.05) is 20.7 Å². The number of benzene rings is 1. The van der Waals surface area contributed by atoms with Crippen molar-refractivity contribution >= 4 is 16.9 Å². The average Bonchev–Trinajstić information content (AvgIpc) is 2.74. The van der Waals surface area contributed by atoms with Gasteiger partial charge in [-0.15, -0.1) is 0 Å². The van der Waals surface area contributed by atoms with Crippen LogP contribution < -0.4 is 15.4 Å². The monoisotopic (exact) mass is 261 g/mol. The Balaban J connectivity index is 2.20. The Morgan fingerprint density at radius 3 is 2.89 bits per heavy atom. The van der Waals surface area contributed by atoms with E-state index in [2.05, 4.69) is 21.4 Å². The maximum Gasteiger partial charge on any atom is 0.314 e. The van der Waals surface area contributed by atoms with Gasteiger partial charge in [0.05, 0.1) is 7.11 Å². The summed E-state index contributed by atoms with van der Waals surface area (Å²) in [6.45, 7) is 0.607. The van der Waals surface area contributed by atoms with Gasteiger partial charge in [0.2, 0.25) is 0 Å². The van der Waals surface area contributed by atoms with Crippen LogP contribution >= 0.6 is 0 Å². The average molecular weight is 261 g/mol. The zero-order valence-electron chi connectivity index (χ0n) is 11.5. The summed E-state index contributed by atoms with van der Waals surface area (Å²) >= 11 is 0. The number of carbonyl (C=O) groups excluding carboxylic acids is 1. The third kappa shape index (κ3) is 2.81. The fourth-order valence-corrected chi connectivity index (χ4v) is 2.18. The zero-order chi connectivity index (χ0) is 13.8. The fraction of sp³-hybridized carbons (Fsp3) is 0.357. The van der Waals surface area contributed by atoms with Crippen molar-refractivity contribution in [3.63, 3.8) is 0 Å². The third-order valence-electron chi connectivity index (χ3n) is 3.19. The van der Waals surface area contributed by atoms with Gasteiger partial charge in [0.25, 0.3) is 0 Å². The number of amides is 2. The summed E-state index contributed by atoms with van der Waals surface area (Å²) in [5.74, 6) is 0.846. The van der Waals surface area contributed by atoms with Crippen molar-refractivity contribution < 1.29 is 9.53 Å². The lowest BCUT2D eigenvalue weighted by Crippen LogP contribution is -2.33. The lowest BCUT2D eigenvalue weighted by atomic mass is 10.1. The van der Waals surface area contributed by atoms with Gasteiger partial charge in [0, 0.05) is 37.7 Å². The van der Waals surface area contributed by atoms with Crippen LogP contribution in [0.15, 0.2) is 24.4 Å². The number of hydrogen-bond donors (Lipinski definition) is 2. The van der Waals surface area contributed by atoms with Crippen molar-refractivity contribution in [1.82, 2.24) is 15.2 Å².